The summed E-state index contributed by atoms with van der Waals surface area (Å²) in [5.41, 5.74) is 0.345. The van der Waals surface area contributed by atoms with Crippen molar-refractivity contribution in [2.75, 3.05) is 13.2 Å². The van der Waals surface area contributed by atoms with Crippen molar-refractivity contribution in [3.8, 4) is 0 Å². The summed E-state index contributed by atoms with van der Waals surface area (Å²) in [5.74, 6) is 0.00988. The number of carbonyl (C=O) groups is 1. The largest absolute Gasteiger partial charge is 0.385 e. The van der Waals surface area contributed by atoms with Crippen LogP contribution in [-0.4, -0.2) is 35.9 Å². The maximum absolute atomic E-state index is 11.8. The Balaban J connectivity index is 1.76. The second kappa shape index (κ2) is 5.85. The summed E-state index contributed by atoms with van der Waals surface area (Å²) in [6.07, 6.45) is 7.61. The Bertz CT molecular complexity index is 340. The molecule has 2 N–H and O–H groups in total. The summed E-state index contributed by atoms with van der Waals surface area (Å²) in [6, 6.07) is 0. The van der Waals surface area contributed by atoms with Gasteiger partial charge in [-0.2, -0.15) is 0 Å². The standard InChI is InChI=1S/C14H23NO3/c1-11-14(17,7-8-18-11)10-15-13(16)9-12-5-3-2-4-6-12/h5,11,17H,2-4,6-10H2,1H3,(H,15,16). The molecule has 0 aromatic heterocycles. The van der Waals surface area contributed by atoms with E-state index in [1.807, 2.05) is 6.92 Å². The molecular weight excluding hydrogens is 230 g/mol. The van der Waals surface area contributed by atoms with Crippen LogP contribution in [0.15, 0.2) is 11.6 Å². The van der Waals surface area contributed by atoms with Gasteiger partial charge in [0.25, 0.3) is 0 Å². The summed E-state index contributed by atoms with van der Waals surface area (Å²) < 4.78 is 5.34. The highest BCUT2D eigenvalue weighted by Crippen LogP contribution is 2.25. The van der Waals surface area contributed by atoms with Gasteiger partial charge in [-0.3, -0.25) is 4.79 Å². The van der Waals surface area contributed by atoms with Crippen LogP contribution in [0.2, 0.25) is 0 Å². The molecule has 18 heavy (non-hydrogen) atoms. The number of nitrogens with one attached hydrogen (secondary N) is 1. The van der Waals surface area contributed by atoms with Gasteiger partial charge in [-0.1, -0.05) is 11.6 Å². The summed E-state index contributed by atoms with van der Waals surface area (Å²) in [5, 5.41) is 13.1. The van der Waals surface area contributed by atoms with Gasteiger partial charge in [0, 0.05) is 26.0 Å². The van der Waals surface area contributed by atoms with Gasteiger partial charge in [0.05, 0.1) is 6.10 Å². The smallest absolute Gasteiger partial charge is 0.224 e. The van der Waals surface area contributed by atoms with Gasteiger partial charge in [-0.05, 0) is 32.6 Å². The molecule has 2 rings (SSSR count). The van der Waals surface area contributed by atoms with E-state index in [1.54, 1.807) is 0 Å². The van der Waals surface area contributed by atoms with Crippen molar-refractivity contribution in [3.05, 3.63) is 11.6 Å². The minimum absolute atomic E-state index is 0.00988. The van der Waals surface area contributed by atoms with Crippen LogP contribution in [0.4, 0.5) is 0 Å². The Morgan fingerprint density at radius 2 is 2.44 bits per heavy atom. The fraction of sp³-hybridized carbons (Fsp3) is 0.786. The van der Waals surface area contributed by atoms with Crippen molar-refractivity contribution in [1.82, 2.24) is 5.32 Å². The van der Waals surface area contributed by atoms with Crippen molar-refractivity contribution in [1.29, 1.82) is 0 Å². The lowest BCUT2D eigenvalue weighted by molar-refractivity contribution is -0.122. The number of hydrogen-bond donors (Lipinski definition) is 2. The molecule has 1 amide bonds. The van der Waals surface area contributed by atoms with Crippen LogP contribution >= 0.6 is 0 Å². The Hall–Kier alpha value is -0.870. The molecular formula is C14H23NO3. The zero-order valence-electron chi connectivity index (χ0n) is 11.1. The van der Waals surface area contributed by atoms with Crippen LogP contribution in [0.3, 0.4) is 0 Å². The molecule has 2 aliphatic rings. The Morgan fingerprint density at radius 3 is 3.06 bits per heavy atom. The van der Waals surface area contributed by atoms with Gasteiger partial charge in [-0.15, -0.1) is 0 Å². The molecule has 0 aromatic carbocycles. The number of hydrogen-bond acceptors (Lipinski definition) is 3. The second-order valence-electron chi connectivity index (χ2n) is 5.43. The molecule has 102 valence electrons. The van der Waals surface area contributed by atoms with Gasteiger partial charge in [0.2, 0.25) is 5.91 Å². The van der Waals surface area contributed by atoms with Crippen molar-refractivity contribution < 1.29 is 14.6 Å². The van der Waals surface area contributed by atoms with Crippen LogP contribution in [-0.2, 0) is 9.53 Å². The fourth-order valence-electron chi connectivity index (χ4n) is 2.59. The predicted molar refractivity (Wildman–Crippen MR) is 69.2 cm³/mol. The van der Waals surface area contributed by atoms with Crippen molar-refractivity contribution >= 4 is 5.91 Å². The van der Waals surface area contributed by atoms with Gasteiger partial charge in [0.1, 0.15) is 5.60 Å². The quantitative estimate of drug-likeness (QED) is 0.747. The predicted octanol–water partition coefficient (Wildman–Crippen LogP) is 1.53. The van der Waals surface area contributed by atoms with Crippen molar-refractivity contribution in [2.24, 2.45) is 0 Å². The minimum atomic E-state index is -0.892. The highest BCUT2D eigenvalue weighted by Gasteiger charge is 2.39. The lowest BCUT2D eigenvalue weighted by Gasteiger charge is -2.26. The van der Waals surface area contributed by atoms with Gasteiger partial charge < -0.3 is 15.2 Å². The van der Waals surface area contributed by atoms with Gasteiger partial charge in [-0.25, -0.2) is 0 Å². The summed E-state index contributed by atoms with van der Waals surface area (Å²) in [6.45, 7) is 2.71. The molecule has 1 heterocycles. The zero-order chi connectivity index (χ0) is 13.0. The van der Waals surface area contributed by atoms with Gasteiger partial charge >= 0.3 is 0 Å². The van der Waals surface area contributed by atoms with Crippen LogP contribution in [0.25, 0.3) is 0 Å². The Morgan fingerprint density at radius 1 is 1.61 bits per heavy atom. The monoisotopic (exact) mass is 253 g/mol. The Labute approximate surface area is 108 Å². The van der Waals surface area contributed by atoms with Crippen LogP contribution < -0.4 is 5.32 Å². The molecule has 1 fully saturated rings. The summed E-state index contributed by atoms with van der Waals surface area (Å²) in [4.78, 5) is 11.8. The van der Waals surface area contributed by atoms with E-state index < -0.39 is 5.60 Å². The van der Waals surface area contributed by atoms with Crippen molar-refractivity contribution in [2.45, 2.75) is 57.2 Å². The molecule has 1 aliphatic heterocycles. The number of carbonyl (C=O) groups excluding carboxylic acids is 1. The number of rotatable bonds is 4. The third-order valence-electron chi connectivity index (χ3n) is 4.02. The van der Waals surface area contributed by atoms with E-state index in [0.29, 0.717) is 26.0 Å². The molecule has 0 spiro atoms. The molecule has 2 unspecified atom stereocenters. The molecule has 2 atom stereocenters. The topological polar surface area (TPSA) is 58.6 Å². The van der Waals surface area contributed by atoms with E-state index in [-0.39, 0.29) is 12.0 Å². The highest BCUT2D eigenvalue weighted by atomic mass is 16.5. The minimum Gasteiger partial charge on any atom is -0.385 e. The summed E-state index contributed by atoms with van der Waals surface area (Å²) in [7, 11) is 0. The molecule has 0 bridgehead atoms. The van der Waals surface area contributed by atoms with Crippen molar-refractivity contribution in [3.63, 3.8) is 0 Å². The first kappa shape index (κ1) is 13.6. The van der Waals surface area contributed by atoms with E-state index in [9.17, 15) is 9.90 Å². The number of amides is 1. The van der Waals surface area contributed by atoms with Crippen LogP contribution in [0.1, 0.15) is 45.4 Å². The van der Waals surface area contributed by atoms with E-state index in [4.69, 9.17) is 4.74 Å². The maximum Gasteiger partial charge on any atom is 0.224 e. The molecule has 0 saturated carbocycles. The third kappa shape index (κ3) is 3.33. The summed E-state index contributed by atoms with van der Waals surface area (Å²) >= 11 is 0. The SMILES string of the molecule is CC1OCCC1(O)CNC(=O)CC1=CCCCC1. The third-order valence-corrected chi connectivity index (χ3v) is 4.02. The fourth-order valence-corrected chi connectivity index (χ4v) is 2.59. The van der Waals surface area contributed by atoms with E-state index in [2.05, 4.69) is 11.4 Å². The average molecular weight is 253 g/mol. The van der Waals surface area contributed by atoms with Gasteiger partial charge in [0.15, 0.2) is 0 Å². The first-order valence-corrected chi connectivity index (χ1v) is 6.89. The molecule has 0 aromatic rings. The van der Waals surface area contributed by atoms with E-state index in [0.717, 1.165) is 12.8 Å². The maximum atomic E-state index is 11.8. The van der Waals surface area contributed by atoms with Crippen LogP contribution in [0.5, 0.6) is 0 Å². The molecule has 0 radical (unpaired) electrons. The average Bonchev–Trinajstić information content (AvgIpc) is 2.69. The number of aliphatic hydroxyl groups is 1. The Kier molecular flexibility index (Phi) is 4.40. The first-order chi connectivity index (χ1) is 8.60. The normalized spacial score (nSPS) is 32.1. The highest BCUT2D eigenvalue weighted by molar-refractivity contribution is 5.78. The molecule has 4 nitrogen and oxygen atoms in total. The number of allylic oxidation sites excluding steroid dienone is 1. The first-order valence-electron chi connectivity index (χ1n) is 6.89. The number of ether oxygens (including phenoxy) is 1. The lowest BCUT2D eigenvalue weighted by atomic mass is 9.95. The zero-order valence-corrected chi connectivity index (χ0v) is 11.1. The molecule has 4 heteroatoms. The van der Waals surface area contributed by atoms with Crippen LogP contribution in [0, 0.1) is 0 Å². The second-order valence-corrected chi connectivity index (χ2v) is 5.43. The lowest BCUT2D eigenvalue weighted by Crippen LogP contribution is -2.47. The molecule has 1 saturated heterocycles. The van der Waals surface area contributed by atoms with E-state index >= 15 is 0 Å². The van der Waals surface area contributed by atoms with E-state index in [1.165, 1.54) is 18.4 Å². The molecule has 1 aliphatic carbocycles.